The van der Waals surface area contributed by atoms with Gasteiger partial charge in [-0.05, 0) is 31.4 Å². The summed E-state index contributed by atoms with van der Waals surface area (Å²) in [6, 6.07) is 8.36. The summed E-state index contributed by atoms with van der Waals surface area (Å²) in [6.45, 7) is 4.24. The van der Waals surface area contributed by atoms with Gasteiger partial charge in [-0.25, -0.2) is 16.8 Å². The van der Waals surface area contributed by atoms with Gasteiger partial charge in [0.2, 0.25) is 0 Å². The summed E-state index contributed by atoms with van der Waals surface area (Å²) in [5, 5.41) is 0. The van der Waals surface area contributed by atoms with Crippen molar-refractivity contribution in [2.75, 3.05) is 17.8 Å². The molecule has 0 amide bonds. The molecule has 0 aromatic heterocycles. The van der Waals surface area contributed by atoms with Crippen LogP contribution >= 0.6 is 0 Å². The maximum atomic E-state index is 10.4. The molecule has 0 aliphatic carbocycles. The zero-order chi connectivity index (χ0) is 15.1. The van der Waals surface area contributed by atoms with E-state index in [1.54, 1.807) is 0 Å². The number of sulfone groups is 1. The Morgan fingerprint density at radius 1 is 0.950 bits per heavy atom. The summed E-state index contributed by atoms with van der Waals surface area (Å²) in [4.78, 5) is 0. The van der Waals surface area contributed by atoms with Crippen LogP contribution in [-0.2, 0) is 20.0 Å². The number of benzene rings is 1. The first kappa shape index (κ1) is 22.0. The predicted octanol–water partition coefficient (Wildman–Crippen LogP) is -1.73. The van der Waals surface area contributed by atoms with E-state index in [2.05, 4.69) is 38.1 Å². The van der Waals surface area contributed by atoms with Crippen molar-refractivity contribution < 1.29 is 40.2 Å². The summed E-state index contributed by atoms with van der Waals surface area (Å²) in [7, 11) is -7.41. The molecule has 0 saturated carbocycles. The Hall–Kier alpha value is -0.323. The number of aryl methyl sites for hydroxylation is 2. The standard InChI is InChI=1S/C8H10.C4H10O5S2.Li/c1-7-5-3-4-6-8(7)2;1-10(5,6)3-2-4-11(7,8)9;/h3-6H,1-2H3;2-4H2,1H3,(H,7,8,9);/q;;+1/p-1. The number of rotatable bonds is 4. The van der Waals surface area contributed by atoms with Gasteiger partial charge < -0.3 is 4.55 Å². The van der Waals surface area contributed by atoms with Crippen LogP contribution < -0.4 is 18.9 Å². The molecule has 0 atom stereocenters. The van der Waals surface area contributed by atoms with Crippen LogP contribution in [0.2, 0.25) is 0 Å². The van der Waals surface area contributed by atoms with Crippen LogP contribution in [0.3, 0.4) is 0 Å². The summed E-state index contributed by atoms with van der Waals surface area (Å²) < 4.78 is 50.7. The molecule has 1 aromatic carbocycles. The maximum Gasteiger partial charge on any atom is 1.00 e. The molecule has 0 N–H and O–H groups in total. The maximum absolute atomic E-state index is 10.4. The van der Waals surface area contributed by atoms with Crippen molar-refractivity contribution in [1.82, 2.24) is 0 Å². The van der Waals surface area contributed by atoms with E-state index >= 15 is 0 Å². The minimum Gasteiger partial charge on any atom is -0.748 e. The molecule has 0 aliphatic rings. The molecule has 8 heteroatoms. The largest absolute Gasteiger partial charge is 1.00 e. The second kappa shape index (κ2) is 9.58. The Morgan fingerprint density at radius 3 is 1.60 bits per heavy atom. The first-order valence-electron chi connectivity index (χ1n) is 5.65. The molecule has 0 bridgehead atoms. The van der Waals surface area contributed by atoms with E-state index < -0.39 is 25.7 Å². The van der Waals surface area contributed by atoms with Crippen molar-refractivity contribution in [3.05, 3.63) is 35.4 Å². The fraction of sp³-hybridized carbons (Fsp3) is 0.500. The van der Waals surface area contributed by atoms with Gasteiger partial charge in [0, 0.05) is 12.0 Å². The topological polar surface area (TPSA) is 91.3 Å². The minimum atomic E-state index is -4.26. The van der Waals surface area contributed by atoms with Crippen molar-refractivity contribution in [2.45, 2.75) is 20.3 Å². The minimum absolute atomic E-state index is 0. The Bertz CT molecular complexity index is 541. The Labute approximate surface area is 133 Å². The second-order valence-corrected chi connectivity index (χ2v) is 8.11. The van der Waals surface area contributed by atoms with Crippen molar-refractivity contribution in [3.63, 3.8) is 0 Å². The van der Waals surface area contributed by atoms with Crippen LogP contribution in [-0.4, -0.2) is 39.1 Å². The van der Waals surface area contributed by atoms with E-state index in [0.29, 0.717) is 0 Å². The second-order valence-electron chi connectivity index (χ2n) is 4.33. The average molecular weight is 314 g/mol. The third-order valence-corrected chi connectivity index (χ3v) is 4.15. The predicted molar refractivity (Wildman–Crippen MR) is 74.8 cm³/mol. The van der Waals surface area contributed by atoms with Crippen LogP contribution in [0, 0.1) is 13.8 Å². The van der Waals surface area contributed by atoms with Crippen LogP contribution in [0.4, 0.5) is 0 Å². The van der Waals surface area contributed by atoms with Crippen molar-refractivity contribution in [1.29, 1.82) is 0 Å². The van der Waals surface area contributed by atoms with Gasteiger partial charge in [-0.2, -0.15) is 0 Å². The van der Waals surface area contributed by atoms with Crippen LogP contribution in [0.5, 0.6) is 0 Å². The number of hydrogen-bond acceptors (Lipinski definition) is 5. The molecule has 0 radical (unpaired) electrons. The van der Waals surface area contributed by atoms with E-state index in [9.17, 15) is 21.4 Å². The monoisotopic (exact) mass is 314 g/mol. The van der Waals surface area contributed by atoms with Crippen molar-refractivity contribution in [2.24, 2.45) is 0 Å². The summed E-state index contributed by atoms with van der Waals surface area (Å²) in [5.74, 6) is -0.867. The molecular weight excluding hydrogens is 295 g/mol. The summed E-state index contributed by atoms with van der Waals surface area (Å²) >= 11 is 0. The summed E-state index contributed by atoms with van der Waals surface area (Å²) in [6.07, 6.45) is 0.870. The van der Waals surface area contributed by atoms with Crippen LogP contribution in [0.15, 0.2) is 24.3 Å². The van der Waals surface area contributed by atoms with Gasteiger partial charge in [-0.15, -0.1) is 0 Å². The Balaban J connectivity index is 0. The molecule has 0 spiro atoms. The molecule has 0 saturated heterocycles. The van der Waals surface area contributed by atoms with Crippen molar-refractivity contribution in [3.8, 4) is 0 Å². The average Bonchev–Trinajstić information content (AvgIpc) is 2.19. The third kappa shape index (κ3) is 14.1. The molecular formula is C12H19LiO5S2. The summed E-state index contributed by atoms with van der Waals surface area (Å²) in [5.41, 5.74) is 2.74. The van der Waals surface area contributed by atoms with Gasteiger partial charge >= 0.3 is 18.9 Å². The van der Waals surface area contributed by atoms with Gasteiger partial charge in [0.25, 0.3) is 0 Å². The molecule has 1 rings (SSSR count). The van der Waals surface area contributed by atoms with Crippen molar-refractivity contribution >= 4 is 20.0 Å². The van der Waals surface area contributed by atoms with Gasteiger partial charge in [-0.1, -0.05) is 24.3 Å². The smallest absolute Gasteiger partial charge is 0.748 e. The molecule has 110 valence electrons. The fourth-order valence-corrected chi connectivity index (χ4v) is 2.51. The SMILES string of the molecule is CS(=O)(=O)CCCS(=O)(=O)[O-].Cc1ccccc1C.[Li+]. The number of hydrogen-bond donors (Lipinski definition) is 0. The van der Waals surface area contributed by atoms with E-state index in [1.165, 1.54) is 11.1 Å². The van der Waals surface area contributed by atoms with E-state index in [-0.39, 0.29) is 31.0 Å². The molecule has 0 aliphatic heterocycles. The van der Waals surface area contributed by atoms with Gasteiger partial charge in [0.1, 0.15) is 9.84 Å². The third-order valence-electron chi connectivity index (χ3n) is 2.34. The van der Waals surface area contributed by atoms with Gasteiger partial charge in [0.05, 0.1) is 15.9 Å². The quantitative estimate of drug-likeness (QED) is 0.487. The van der Waals surface area contributed by atoms with Gasteiger partial charge in [0.15, 0.2) is 0 Å². The first-order valence-corrected chi connectivity index (χ1v) is 9.28. The molecule has 0 unspecified atom stereocenters. The molecule has 0 fully saturated rings. The van der Waals surface area contributed by atoms with Crippen LogP contribution in [0.25, 0.3) is 0 Å². The first-order chi connectivity index (χ1) is 8.51. The molecule has 5 nitrogen and oxygen atoms in total. The fourth-order valence-electron chi connectivity index (χ4n) is 1.16. The molecule has 0 heterocycles. The van der Waals surface area contributed by atoms with Gasteiger partial charge in [-0.3, -0.25) is 0 Å². The van der Waals surface area contributed by atoms with Crippen LogP contribution in [0.1, 0.15) is 17.5 Å². The van der Waals surface area contributed by atoms with E-state index in [0.717, 1.165) is 6.26 Å². The normalized spacial score (nSPS) is 11.0. The van der Waals surface area contributed by atoms with E-state index in [1.807, 2.05) is 0 Å². The molecule has 1 aromatic rings. The molecule has 20 heavy (non-hydrogen) atoms. The van der Waals surface area contributed by atoms with E-state index in [4.69, 9.17) is 0 Å². The Morgan fingerprint density at radius 2 is 1.35 bits per heavy atom. The zero-order valence-electron chi connectivity index (χ0n) is 12.3. The zero-order valence-corrected chi connectivity index (χ0v) is 13.9. The Kier molecular flexibility index (Phi) is 10.5.